The van der Waals surface area contributed by atoms with Crippen LogP contribution in [0.4, 0.5) is 0 Å². The van der Waals surface area contributed by atoms with Crippen molar-refractivity contribution < 1.29 is 14.4 Å². The van der Waals surface area contributed by atoms with Crippen LogP contribution in [0.5, 0.6) is 0 Å². The zero-order valence-corrected chi connectivity index (χ0v) is 17.0. The number of oxime groups is 1. The van der Waals surface area contributed by atoms with E-state index in [1.54, 1.807) is 23.6 Å². The molecule has 0 radical (unpaired) electrons. The fraction of sp³-hybridized carbons (Fsp3) is 0.227. The summed E-state index contributed by atoms with van der Waals surface area (Å²) >= 11 is 1.66. The molecule has 5 nitrogen and oxygen atoms in total. The van der Waals surface area contributed by atoms with Crippen LogP contribution in [0.1, 0.15) is 31.4 Å². The van der Waals surface area contributed by atoms with Crippen LogP contribution < -0.4 is 0 Å². The molecule has 0 aliphatic carbocycles. The van der Waals surface area contributed by atoms with Gasteiger partial charge in [-0.25, -0.2) is 4.79 Å². The number of hydrogen-bond donors (Lipinski definition) is 0. The van der Waals surface area contributed by atoms with Crippen molar-refractivity contribution in [3.8, 4) is 0 Å². The lowest BCUT2D eigenvalue weighted by Crippen LogP contribution is -2.18. The van der Waals surface area contributed by atoms with Crippen LogP contribution in [0.2, 0.25) is 0 Å². The summed E-state index contributed by atoms with van der Waals surface area (Å²) in [5.74, 6) is -0.319. The number of benzene rings is 2. The molecule has 0 aromatic heterocycles. The molecule has 0 N–H and O–H groups in total. The molecular weight excluding hydrogens is 372 g/mol. The van der Waals surface area contributed by atoms with Crippen LogP contribution >= 0.6 is 11.8 Å². The van der Waals surface area contributed by atoms with Gasteiger partial charge in [-0.05, 0) is 54.8 Å². The highest BCUT2D eigenvalue weighted by atomic mass is 32.2. The number of likely N-dealkylation sites (tertiary alicyclic amines) is 1. The van der Waals surface area contributed by atoms with Gasteiger partial charge in [-0.15, -0.1) is 0 Å². The van der Waals surface area contributed by atoms with Crippen molar-refractivity contribution >= 4 is 35.4 Å². The second kappa shape index (κ2) is 8.89. The molecule has 1 aliphatic rings. The number of rotatable bonds is 5. The van der Waals surface area contributed by atoms with E-state index in [1.165, 1.54) is 6.92 Å². The lowest BCUT2D eigenvalue weighted by molar-refractivity contribution is -0.140. The standard InChI is InChI=1S/C22H22N2O3S/c1-15(23-27-16(2)25)18-6-10-21(11-7-18)28-20-8-4-17(5-9-20)14-19-12-13-24(3)22(19)26/h4-11,14H,12-13H2,1-3H3/b19-14+,23-15+. The summed E-state index contributed by atoms with van der Waals surface area (Å²) in [7, 11) is 1.83. The van der Waals surface area contributed by atoms with Gasteiger partial charge in [0.1, 0.15) is 0 Å². The first-order valence-corrected chi connectivity index (χ1v) is 9.80. The Balaban J connectivity index is 1.64. The van der Waals surface area contributed by atoms with E-state index in [4.69, 9.17) is 0 Å². The van der Waals surface area contributed by atoms with Gasteiger partial charge in [-0.2, -0.15) is 0 Å². The monoisotopic (exact) mass is 394 g/mol. The average Bonchev–Trinajstić information content (AvgIpc) is 3.00. The minimum atomic E-state index is -0.435. The van der Waals surface area contributed by atoms with Crippen LogP contribution in [-0.4, -0.2) is 36.1 Å². The van der Waals surface area contributed by atoms with Gasteiger partial charge in [0.05, 0.1) is 5.71 Å². The van der Waals surface area contributed by atoms with Crippen molar-refractivity contribution in [3.63, 3.8) is 0 Å². The van der Waals surface area contributed by atoms with Gasteiger partial charge in [0, 0.05) is 35.9 Å². The first-order chi connectivity index (χ1) is 13.4. The third kappa shape index (κ3) is 5.10. The average molecular weight is 394 g/mol. The summed E-state index contributed by atoms with van der Waals surface area (Å²) in [4.78, 5) is 31.5. The predicted octanol–water partition coefficient (Wildman–Crippen LogP) is 4.37. The third-order valence-corrected chi connectivity index (χ3v) is 5.39. The van der Waals surface area contributed by atoms with Crippen molar-refractivity contribution in [2.24, 2.45) is 5.16 Å². The Morgan fingerprint density at radius 3 is 2.21 bits per heavy atom. The second-order valence-corrected chi connectivity index (χ2v) is 7.75. The van der Waals surface area contributed by atoms with Crippen molar-refractivity contribution in [2.45, 2.75) is 30.1 Å². The Kier molecular flexibility index (Phi) is 6.31. The zero-order valence-electron chi connectivity index (χ0n) is 16.1. The lowest BCUT2D eigenvalue weighted by Gasteiger charge is -2.06. The molecule has 2 aromatic carbocycles. The summed E-state index contributed by atoms with van der Waals surface area (Å²) in [6.07, 6.45) is 2.78. The maximum Gasteiger partial charge on any atom is 0.331 e. The smallest absolute Gasteiger partial charge is 0.331 e. The Bertz CT molecular complexity index is 931. The topological polar surface area (TPSA) is 59.0 Å². The predicted molar refractivity (Wildman–Crippen MR) is 111 cm³/mol. The van der Waals surface area contributed by atoms with Crippen LogP contribution in [0.3, 0.4) is 0 Å². The number of nitrogens with zero attached hydrogens (tertiary/aromatic N) is 2. The van der Waals surface area contributed by atoms with Gasteiger partial charge < -0.3 is 9.74 Å². The maximum atomic E-state index is 12.0. The summed E-state index contributed by atoms with van der Waals surface area (Å²) < 4.78 is 0. The van der Waals surface area contributed by atoms with Gasteiger partial charge in [0.25, 0.3) is 0 Å². The molecule has 1 saturated heterocycles. The van der Waals surface area contributed by atoms with E-state index in [-0.39, 0.29) is 5.91 Å². The van der Waals surface area contributed by atoms with Crippen LogP contribution in [-0.2, 0) is 14.4 Å². The number of carbonyl (C=O) groups excluding carboxylic acids is 2. The highest BCUT2D eigenvalue weighted by molar-refractivity contribution is 7.99. The quantitative estimate of drug-likeness (QED) is 0.327. The van der Waals surface area contributed by atoms with Gasteiger partial charge in [-0.3, -0.25) is 4.79 Å². The number of amides is 1. The molecule has 6 heteroatoms. The molecule has 0 saturated carbocycles. The van der Waals surface area contributed by atoms with E-state index in [2.05, 4.69) is 22.1 Å². The normalized spacial score (nSPS) is 16.0. The van der Waals surface area contributed by atoms with E-state index < -0.39 is 5.97 Å². The number of carbonyl (C=O) groups is 2. The minimum Gasteiger partial charge on any atom is -0.342 e. The van der Waals surface area contributed by atoms with Crippen LogP contribution in [0.15, 0.2) is 69.1 Å². The SMILES string of the molecule is CC(=O)O/N=C(\C)c1ccc(Sc2ccc(/C=C3\CCN(C)C3=O)cc2)cc1. The molecule has 0 bridgehead atoms. The molecule has 28 heavy (non-hydrogen) atoms. The van der Waals surface area contributed by atoms with Crippen molar-refractivity contribution in [1.29, 1.82) is 0 Å². The van der Waals surface area contributed by atoms with E-state index in [0.717, 1.165) is 39.5 Å². The van der Waals surface area contributed by atoms with Crippen molar-refractivity contribution in [3.05, 3.63) is 65.2 Å². The zero-order chi connectivity index (χ0) is 20.1. The summed E-state index contributed by atoms with van der Waals surface area (Å²) in [6.45, 7) is 3.91. The fourth-order valence-corrected chi connectivity index (χ4v) is 3.61. The first kappa shape index (κ1) is 19.9. The Labute approximate surface area is 169 Å². The van der Waals surface area contributed by atoms with Crippen molar-refractivity contribution in [2.75, 3.05) is 13.6 Å². The van der Waals surface area contributed by atoms with Gasteiger partial charge in [0.15, 0.2) is 0 Å². The molecular formula is C22H22N2O3S. The molecule has 0 spiro atoms. The first-order valence-electron chi connectivity index (χ1n) is 8.99. The summed E-state index contributed by atoms with van der Waals surface area (Å²) in [5, 5.41) is 3.80. The van der Waals surface area contributed by atoms with Crippen LogP contribution in [0, 0.1) is 0 Å². The second-order valence-electron chi connectivity index (χ2n) is 6.60. The summed E-state index contributed by atoms with van der Waals surface area (Å²) in [5.41, 5.74) is 3.45. The Hall–Kier alpha value is -2.86. The Morgan fingerprint density at radius 2 is 1.68 bits per heavy atom. The number of hydrogen-bond acceptors (Lipinski definition) is 5. The molecule has 0 atom stereocenters. The number of likely N-dealkylation sites (N-methyl/N-ethyl adjacent to an activating group) is 1. The molecule has 1 aliphatic heterocycles. The van der Waals surface area contributed by atoms with Gasteiger partial charge >= 0.3 is 5.97 Å². The van der Waals surface area contributed by atoms with E-state index in [1.807, 2.05) is 49.5 Å². The minimum absolute atomic E-state index is 0.117. The molecule has 3 rings (SSSR count). The molecule has 1 amide bonds. The highest BCUT2D eigenvalue weighted by Gasteiger charge is 2.21. The van der Waals surface area contributed by atoms with Gasteiger partial charge in [-0.1, -0.05) is 41.2 Å². The molecule has 1 fully saturated rings. The lowest BCUT2D eigenvalue weighted by atomic mass is 10.1. The molecule has 2 aromatic rings. The summed E-state index contributed by atoms with van der Waals surface area (Å²) in [6, 6.07) is 16.1. The maximum absolute atomic E-state index is 12.0. The highest BCUT2D eigenvalue weighted by Crippen LogP contribution is 2.29. The Morgan fingerprint density at radius 1 is 1.07 bits per heavy atom. The largest absolute Gasteiger partial charge is 0.342 e. The van der Waals surface area contributed by atoms with E-state index in [0.29, 0.717) is 5.71 Å². The van der Waals surface area contributed by atoms with Crippen LogP contribution in [0.25, 0.3) is 6.08 Å². The fourth-order valence-electron chi connectivity index (χ4n) is 2.79. The van der Waals surface area contributed by atoms with E-state index >= 15 is 0 Å². The third-order valence-electron chi connectivity index (χ3n) is 4.38. The molecule has 1 heterocycles. The van der Waals surface area contributed by atoms with Gasteiger partial charge in [0.2, 0.25) is 5.91 Å². The van der Waals surface area contributed by atoms with E-state index in [9.17, 15) is 9.59 Å². The molecule has 0 unspecified atom stereocenters. The van der Waals surface area contributed by atoms with Crippen molar-refractivity contribution in [1.82, 2.24) is 4.90 Å². The molecule has 144 valence electrons.